The molecule has 0 radical (unpaired) electrons. The van der Waals surface area contributed by atoms with Crippen LogP contribution in [0.4, 0.5) is 4.79 Å². The van der Waals surface area contributed by atoms with Crippen molar-refractivity contribution >= 4 is 25.4 Å². The van der Waals surface area contributed by atoms with E-state index in [0.717, 1.165) is 34.5 Å². The van der Waals surface area contributed by atoms with E-state index >= 15 is 0 Å². The van der Waals surface area contributed by atoms with Crippen LogP contribution in [0.2, 0.25) is 16.6 Å². The van der Waals surface area contributed by atoms with Gasteiger partial charge < -0.3 is 18.6 Å². The van der Waals surface area contributed by atoms with Gasteiger partial charge in [0.2, 0.25) is 0 Å². The molecule has 37 heavy (non-hydrogen) atoms. The summed E-state index contributed by atoms with van der Waals surface area (Å²) in [7, 11) is -1.94. The molecule has 7 heteroatoms. The second-order valence-corrected chi connectivity index (χ2v) is 18.0. The minimum absolute atomic E-state index is 0.269. The lowest BCUT2D eigenvalue weighted by Crippen LogP contribution is -2.51. The molecule has 3 heterocycles. The lowest BCUT2D eigenvalue weighted by atomic mass is 10.00. The second kappa shape index (κ2) is 10.2. The maximum Gasteiger partial charge on any atom is 0.410 e. The van der Waals surface area contributed by atoms with Crippen molar-refractivity contribution in [1.29, 1.82) is 0 Å². The van der Waals surface area contributed by atoms with E-state index in [1.807, 2.05) is 39.1 Å². The Bertz CT molecular complexity index is 1250. The summed E-state index contributed by atoms with van der Waals surface area (Å²) in [5, 5.41) is 1.04. The van der Waals surface area contributed by atoms with E-state index in [0.29, 0.717) is 29.7 Å². The van der Waals surface area contributed by atoms with Crippen molar-refractivity contribution in [2.45, 2.75) is 97.5 Å². The largest absolute Gasteiger partial charge is 0.457 e. The van der Waals surface area contributed by atoms with Crippen LogP contribution in [0.5, 0.6) is 11.5 Å². The topological polar surface area (TPSA) is 56.6 Å². The molecular formula is C30H43N3O3Si. The molecule has 2 aromatic heterocycles. The maximum atomic E-state index is 12.6. The first-order valence-electron chi connectivity index (χ1n) is 13.6. The standard InChI is InChI=1S/C30H43N3O3Si/c1-20(2)37(21(3)4,22(5)6)33-17-14-26-27(12-15-31-28(26)33)35-25-11-10-23-13-16-32(19-24(23)18-25)29(34)36-30(7,8)9/h10-12,14-15,17-18,20-22H,13,16,19H2,1-9H3. The summed E-state index contributed by atoms with van der Waals surface area (Å²) in [6.07, 6.45) is 4.64. The molecule has 3 aromatic rings. The van der Waals surface area contributed by atoms with Gasteiger partial charge in [-0.3, -0.25) is 0 Å². The fraction of sp³-hybridized carbons (Fsp3) is 0.533. The highest BCUT2D eigenvalue weighted by atomic mass is 28.3. The van der Waals surface area contributed by atoms with E-state index in [4.69, 9.17) is 14.5 Å². The van der Waals surface area contributed by atoms with Gasteiger partial charge in [0.25, 0.3) is 0 Å². The first-order valence-corrected chi connectivity index (χ1v) is 15.8. The number of carbonyl (C=O) groups excluding carboxylic acids is 1. The van der Waals surface area contributed by atoms with Gasteiger partial charge in [0, 0.05) is 19.3 Å². The third-order valence-electron chi connectivity index (χ3n) is 7.81. The van der Waals surface area contributed by atoms with Crippen LogP contribution in [-0.2, 0) is 17.7 Å². The highest BCUT2D eigenvalue weighted by Crippen LogP contribution is 2.45. The molecule has 1 aliphatic rings. The zero-order valence-corrected chi connectivity index (χ0v) is 25.0. The fourth-order valence-corrected chi connectivity index (χ4v) is 13.0. The summed E-state index contributed by atoms with van der Waals surface area (Å²) >= 11 is 0. The number of aromatic nitrogens is 2. The third-order valence-corrected chi connectivity index (χ3v) is 14.6. The van der Waals surface area contributed by atoms with Gasteiger partial charge in [0.15, 0.2) is 8.24 Å². The molecule has 0 atom stereocenters. The Morgan fingerprint density at radius 1 is 0.973 bits per heavy atom. The summed E-state index contributed by atoms with van der Waals surface area (Å²) in [5.74, 6) is 1.58. The van der Waals surface area contributed by atoms with Crippen molar-refractivity contribution in [3.05, 3.63) is 53.9 Å². The van der Waals surface area contributed by atoms with Crippen LogP contribution in [0, 0.1) is 0 Å². The number of amides is 1. The third kappa shape index (κ3) is 5.15. The van der Waals surface area contributed by atoms with E-state index in [1.54, 1.807) is 4.90 Å². The molecule has 0 spiro atoms. The number of fused-ring (bicyclic) bond motifs is 2. The van der Waals surface area contributed by atoms with Gasteiger partial charge in [-0.1, -0.05) is 47.6 Å². The Morgan fingerprint density at radius 3 is 2.27 bits per heavy atom. The van der Waals surface area contributed by atoms with Crippen LogP contribution in [0.15, 0.2) is 42.7 Å². The molecule has 0 saturated heterocycles. The van der Waals surface area contributed by atoms with Crippen molar-refractivity contribution in [2.24, 2.45) is 0 Å². The number of nitrogens with zero attached hydrogens (tertiary/aromatic N) is 3. The summed E-state index contributed by atoms with van der Waals surface area (Å²) in [6.45, 7) is 21.1. The Hall–Kier alpha value is -2.80. The van der Waals surface area contributed by atoms with E-state index in [2.05, 4.69) is 70.2 Å². The molecule has 0 N–H and O–H groups in total. The van der Waals surface area contributed by atoms with Gasteiger partial charge in [0.05, 0.1) is 5.39 Å². The molecule has 0 bridgehead atoms. The predicted molar refractivity (Wildman–Crippen MR) is 153 cm³/mol. The predicted octanol–water partition coefficient (Wildman–Crippen LogP) is 8.15. The van der Waals surface area contributed by atoms with Gasteiger partial charge in [-0.15, -0.1) is 0 Å². The average molecular weight is 522 g/mol. The highest BCUT2D eigenvalue weighted by molar-refractivity contribution is 6.82. The molecule has 0 saturated carbocycles. The van der Waals surface area contributed by atoms with E-state index < -0.39 is 13.8 Å². The second-order valence-electron chi connectivity index (χ2n) is 12.3. The quantitative estimate of drug-likeness (QED) is 0.307. The molecule has 0 fully saturated rings. The number of carbonyl (C=O) groups is 1. The first kappa shape index (κ1) is 27.2. The molecule has 1 aromatic carbocycles. The van der Waals surface area contributed by atoms with Crippen LogP contribution in [0.3, 0.4) is 0 Å². The van der Waals surface area contributed by atoms with Crippen molar-refractivity contribution in [3.63, 3.8) is 0 Å². The number of pyridine rings is 1. The first-order chi connectivity index (χ1) is 17.3. The fourth-order valence-electron chi connectivity index (χ4n) is 6.46. The molecule has 1 aliphatic heterocycles. The average Bonchev–Trinajstić information content (AvgIpc) is 3.22. The smallest absolute Gasteiger partial charge is 0.410 e. The number of benzene rings is 1. The Balaban J connectivity index is 1.65. The number of ether oxygens (including phenoxy) is 2. The summed E-state index contributed by atoms with van der Waals surface area (Å²) in [4.78, 5) is 19.3. The van der Waals surface area contributed by atoms with Gasteiger partial charge in [-0.05, 0) is 85.4 Å². The van der Waals surface area contributed by atoms with Crippen LogP contribution in [-0.4, -0.2) is 40.6 Å². The Labute approximate surface area is 223 Å². The van der Waals surface area contributed by atoms with Crippen LogP contribution >= 0.6 is 0 Å². The van der Waals surface area contributed by atoms with Gasteiger partial charge in [-0.25, -0.2) is 9.78 Å². The van der Waals surface area contributed by atoms with Gasteiger partial charge >= 0.3 is 6.09 Å². The molecule has 0 unspecified atom stereocenters. The van der Waals surface area contributed by atoms with Gasteiger partial charge in [-0.2, -0.15) is 0 Å². The number of rotatable bonds is 6. The molecule has 1 amide bonds. The zero-order valence-electron chi connectivity index (χ0n) is 24.0. The zero-order chi connectivity index (χ0) is 27.1. The summed E-state index contributed by atoms with van der Waals surface area (Å²) in [5.41, 5.74) is 4.57. The van der Waals surface area contributed by atoms with E-state index in [1.165, 1.54) is 5.56 Å². The van der Waals surface area contributed by atoms with Crippen molar-refractivity contribution in [2.75, 3.05) is 6.54 Å². The minimum Gasteiger partial charge on any atom is -0.457 e. The highest BCUT2D eigenvalue weighted by Gasteiger charge is 2.46. The van der Waals surface area contributed by atoms with Crippen molar-refractivity contribution in [3.8, 4) is 11.5 Å². The van der Waals surface area contributed by atoms with Crippen LogP contribution < -0.4 is 4.74 Å². The Kier molecular flexibility index (Phi) is 7.48. The number of hydrogen-bond donors (Lipinski definition) is 0. The SMILES string of the molecule is CC(C)[Si](C(C)C)(C(C)C)n1ccc2c(Oc3ccc4c(c3)CN(C(=O)OC(C)(C)C)CC4)ccnc21. The Morgan fingerprint density at radius 2 is 1.65 bits per heavy atom. The normalized spacial score (nSPS) is 14.5. The number of hydrogen-bond acceptors (Lipinski definition) is 4. The monoisotopic (exact) mass is 521 g/mol. The van der Waals surface area contributed by atoms with E-state index in [-0.39, 0.29) is 6.09 Å². The molecule has 4 rings (SSSR count). The molecular weight excluding hydrogens is 478 g/mol. The molecule has 6 nitrogen and oxygen atoms in total. The van der Waals surface area contributed by atoms with Crippen LogP contribution in [0.25, 0.3) is 11.0 Å². The lowest BCUT2D eigenvalue weighted by Gasteiger charge is -2.44. The maximum absolute atomic E-state index is 12.6. The minimum atomic E-state index is -1.94. The summed E-state index contributed by atoms with van der Waals surface area (Å²) < 4.78 is 14.6. The summed E-state index contributed by atoms with van der Waals surface area (Å²) in [6, 6.07) is 10.3. The van der Waals surface area contributed by atoms with Gasteiger partial charge in [0.1, 0.15) is 22.7 Å². The molecule has 200 valence electrons. The van der Waals surface area contributed by atoms with Crippen LogP contribution in [0.1, 0.15) is 73.4 Å². The van der Waals surface area contributed by atoms with Crippen molar-refractivity contribution < 1.29 is 14.3 Å². The van der Waals surface area contributed by atoms with E-state index in [9.17, 15) is 4.79 Å². The lowest BCUT2D eigenvalue weighted by molar-refractivity contribution is 0.0224. The van der Waals surface area contributed by atoms with Crippen molar-refractivity contribution in [1.82, 2.24) is 14.1 Å². The molecule has 0 aliphatic carbocycles.